The SMILES string of the molecule is CCCC(N)C(=O)Nc1cccc(CN2CCN(C)CC2)c1. The van der Waals surface area contributed by atoms with Crippen molar-refractivity contribution < 1.29 is 4.79 Å². The third-order valence-corrected chi connectivity index (χ3v) is 4.13. The number of likely N-dealkylation sites (N-methyl/N-ethyl adjacent to an activating group) is 1. The van der Waals surface area contributed by atoms with Gasteiger partial charge in [0, 0.05) is 38.4 Å². The Morgan fingerprint density at radius 1 is 1.32 bits per heavy atom. The summed E-state index contributed by atoms with van der Waals surface area (Å²) in [6.07, 6.45) is 1.63. The van der Waals surface area contributed by atoms with Crippen molar-refractivity contribution in [2.45, 2.75) is 32.4 Å². The zero-order chi connectivity index (χ0) is 15.9. The molecule has 1 aromatic rings. The van der Waals surface area contributed by atoms with Crippen LogP contribution in [0.1, 0.15) is 25.3 Å². The van der Waals surface area contributed by atoms with E-state index in [2.05, 4.69) is 34.3 Å². The molecule has 1 atom stereocenters. The van der Waals surface area contributed by atoms with E-state index in [9.17, 15) is 4.79 Å². The second-order valence-electron chi connectivity index (χ2n) is 6.16. The van der Waals surface area contributed by atoms with Gasteiger partial charge in [-0.1, -0.05) is 25.5 Å². The van der Waals surface area contributed by atoms with Gasteiger partial charge in [-0.2, -0.15) is 0 Å². The first-order valence-corrected chi connectivity index (χ1v) is 8.14. The lowest BCUT2D eigenvalue weighted by molar-refractivity contribution is -0.117. The number of nitrogens with one attached hydrogen (secondary N) is 1. The van der Waals surface area contributed by atoms with Crippen molar-refractivity contribution in [3.05, 3.63) is 29.8 Å². The van der Waals surface area contributed by atoms with Gasteiger partial charge < -0.3 is 16.0 Å². The molecule has 1 aliphatic rings. The molecule has 1 amide bonds. The maximum absolute atomic E-state index is 12.0. The lowest BCUT2D eigenvalue weighted by Gasteiger charge is -2.32. The molecule has 2 rings (SSSR count). The summed E-state index contributed by atoms with van der Waals surface area (Å²) in [5.74, 6) is -0.0985. The fourth-order valence-electron chi connectivity index (χ4n) is 2.69. The fraction of sp³-hybridized carbons (Fsp3) is 0.588. The molecule has 0 aromatic heterocycles. The summed E-state index contributed by atoms with van der Waals surface area (Å²) in [4.78, 5) is 16.8. The number of anilines is 1. The van der Waals surface area contributed by atoms with Crippen molar-refractivity contribution in [2.24, 2.45) is 5.73 Å². The Morgan fingerprint density at radius 2 is 2.05 bits per heavy atom. The van der Waals surface area contributed by atoms with Gasteiger partial charge >= 0.3 is 0 Å². The molecule has 1 unspecified atom stereocenters. The van der Waals surface area contributed by atoms with Crippen LogP contribution in [0.25, 0.3) is 0 Å². The Balaban J connectivity index is 1.91. The second-order valence-corrected chi connectivity index (χ2v) is 6.16. The standard InChI is InChI=1S/C17H28N4O/c1-3-5-16(18)17(22)19-15-7-4-6-14(12-15)13-21-10-8-20(2)9-11-21/h4,6-7,12,16H,3,5,8-11,13,18H2,1-2H3,(H,19,22). The molecule has 5 heteroatoms. The molecule has 0 saturated carbocycles. The number of carbonyl (C=O) groups is 1. The Labute approximate surface area is 133 Å². The molecule has 1 aliphatic heterocycles. The van der Waals surface area contributed by atoms with Gasteiger partial charge in [0.05, 0.1) is 6.04 Å². The van der Waals surface area contributed by atoms with Crippen LogP contribution in [0.3, 0.4) is 0 Å². The van der Waals surface area contributed by atoms with E-state index in [1.54, 1.807) is 0 Å². The number of nitrogens with two attached hydrogens (primary N) is 1. The van der Waals surface area contributed by atoms with Gasteiger partial charge in [-0.3, -0.25) is 9.69 Å². The molecular formula is C17H28N4O. The van der Waals surface area contributed by atoms with Crippen molar-refractivity contribution >= 4 is 11.6 Å². The van der Waals surface area contributed by atoms with E-state index in [1.165, 1.54) is 5.56 Å². The van der Waals surface area contributed by atoms with Gasteiger partial charge in [0.25, 0.3) is 0 Å². The first-order valence-electron chi connectivity index (χ1n) is 8.14. The van der Waals surface area contributed by atoms with E-state index < -0.39 is 6.04 Å². The van der Waals surface area contributed by atoms with E-state index in [0.717, 1.165) is 44.8 Å². The van der Waals surface area contributed by atoms with Crippen molar-refractivity contribution in [2.75, 3.05) is 38.5 Å². The Kier molecular flexibility index (Phi) is 6.36. The lowest BCUT2D eigenvalue weighted by Crippen LogP contribution is -2.43. The van der Waals surface area contributed by atoms with Crippen molar-refractivity contribution in [1.82, 2.24) is 9.80 Å². The predicted molar refractivity (Wildman–Crippen MR) is 90.7 cm³/mol. The quantitative estimate of drug-likeness (QED) is 0.836. The minimum atomic E-state index is -0.425. The first-order chi connectivity index (χ1) is 10.6. The Hall–Kier alpha value is -1.43. The number of benzene rings is 1. The molecule has 1 saturated heterocycles. The number of piperazine rings is 1. The van der Waals surface area contributed by atoms with E-state index in [-0.39, 0.29) is 5.91 Å². The predicted octanol–water partition coefficient (Wildman–Crippen LogP) is 1.50. The normalized spacial score (nSPS) is 18.1. The summed E-state index contributed by atoms with van der Waals surface area (Å²) < 4.78 is 0. The largest absolute Gasteiger partial charge is 0.325 e. The third-order valence-electron chi connectivity index (χ3n) is 4.13. The van der Waals surface area contributed by atoms with Crippen LogP contribution < -0.4 is 11.1 Å². The highest BCUT2D eigenvalue weighted by molar-refractivity contribution is 5.94. The highest BCUT2D eigenvalue weighted by Gasteiger charge is 2.15. The average molecular weight is 304 g/mol. The molecule has 5 nitrogen and oxygen atoms in total. The van der Waals surface area contributed by atoms with E-state index in [1.807, 2.05) is 19.1 Å². The smallest absolute Gasteiger partial charge is 0.241 e. The Bertz CT molecular complexity index is 483. The van der Waals surface area contributed by atoms with Crippen LogP contribution in [0.5, 0.6) is 0 Å². The molecule has 3 N–H and O–H groups in total. The van der Waals surface area contributed by atoms with Crippen molar-refractivity contribution in [3.8, 4) is 0 Å². The number of hydrogen-bond acceptors (Lipinski definition) is 4. The highest BCUT2D eigenvalue weighted by Crippen LogP contribution is 2.14. The summed E-state index contributed by atoms with van der Waals surface area (Å²) in [5, 5.41) is 2.92. The van der Waals surface area contributed by atoms with Crippen LogP contribution in [-0.2, 0) is 11.3 Å². The number of amides is 1. The van der Waals surface area contributed by atoms with Crippen molar-refractivity contribution in [1.29, 1.82) is 0 Å². The number of rotatable bonds is 6. The molecule has 1 fully saturated rings. The zero-order valence-corrected chi connectivity index (χ0v) is 13.7. The zero-order valence-electron chi connectivity index (χ0n) is 13.7. The summed E-state index contributed by atoms with van der Waals surface area (Å²) in [7, 11) is 2.16. The van der Waals surface area contributed by atoms with Crippen LogP contribution >= 0.6 is 0 Å². The molecule has 0 spiro atoms. The van der Waals surface area contributed by atoms with Crippen LogP contribution in [0, 0.1) is 0 Å². The molecule has 0 radical (unpaired) electrons. The van der Waals surface area contributed by atoms with Crippen LogP contribution in [-0.4, -0.2) is 55.0 Å². The molecule has 122 valence electrons. The maximum Gasteiger partial charge on any atom is 0.241 e. The second kappa shape index (κ2) is 8.27. The van der Waals surface area contributed by atoms with Crippen molar-refractivity contribution in [3.63, 3.8) is 0 Å². The maximum atomic E-state index is 12.0. The van der Waals surface area contributed by atoms with Gasteiger partial charge in [0.15, 0.2) is 0 Å². The average Bonchev–Trinajstić information content (AvgIpc) is 2.50. The summed E-state index contributed by atoms with van der Waals surface area (Å²) in [6, 6.07) is 7.65. The van der Waals surface area contributed by atoms with Gasteiger partial charge in [-0.15, -0.1) is 0 Å². The van der Waals surface area contributed by atoms with E-state index in [0.29, 0.717) is 6.42 Å². The minimum Gasteiger partial charge on any atom is -0.325 e. The summed E-state index contributed by atoms with van der Waals surface area (Å²) in [6.45, 7) is 7.37. The third kappa shape index (κ3) is 5.09. The summed E-state index contributed by atoms with van der Waals surface area (Å²) >= 11 is 0. The number of hydrogen-bond donors (Lipinski definition) is 2. The lowest BCUT2D eigenvalue weighted by atomic mass is 10.1. The molecule has 0 aliphatic carbocycles. The number of nitrogens with zero attached hydrogens (tertiary/aromatic N) is 2. The highest BCUT2D eigenvalue weighted by atomic mass is 16.2. The fourth-order valence-corrected chi connectivity index (χ4v) is 2.69. The van der Waals surface area contributed by atoms with Crippen LogP contribution in [0.15, 0.2) is 24.3 Å². The van der Waals surface area contributed by atoms with Crippen LogP contribution in [0.4, 0.5) is 5.69 Å². The molecule has 22 heavy (non-hydrogen) atoms. The first kappa shape index (κ1) is 16.9. The molecular weight excluding hydrogens is 276 g/mol. The topological polar surface area (TPSA) is 61.6 Å². The van der Waals surface area contributed by atoms with Crippen LogP contribution in [0.2, 0.25) is 0 Å². The summed E-state index contributed by atoms with van der Waals surface area (Å²) in [5.41, 5.74) is 7.92. The van der Waals surface area contributed by atoms with Gasteiger partial charge in [0.1, 0.15) is 0 Å². The Morgan fingerprint density at radius 3 is 2.73 bits per heavy atom. The number of carbonyl (C=O) groups excluding carboxylic acids is 1. The molecule has 0 bridgehead atoms. The molecule has 1 aromatic carbocycles. The van der Waals surface area contributed by atoms with Gasteiger partial charge in [0.2, 0.25) is 5.91 Å². The van der Waals surface area contributed by atoms with Gasteiger partial charge in [-0.05, 0) is 31.2 Å². The molecule has 1 heterocycles. The minimum absolute atomic E-state index is 0.0985. The van der Waals surface area contributed by atoms with E-state index in [4.69, 9.17) is 5.73 Å². The van der Waals surface area contributed by atoms with Gasteiger partial charge in [-0.25, -0.2) is 0 Å². The monoisotopic (exact) mass is 304 g/mol. The van der Waals surface area contributed by atoms with E-state index >= 15 is 0 Å².